The van der Waals surface area contributed by atoms with E-state index in [9.17, 15) is 9.59 Å². The van der Waals surface area contributed by atoms with E-state index >= 15 is 0 Å². The normalized spacial score (nSPS) is 13.1. The van der Waals surface area contributed by atoms with E-state index in [0.717, 1.165) is 53.9 Å². The number of carbonyl (C=O) groups is 2. The Morgan fingerprint density at radius 2 is 2.10 bits per heavy atom. The number of rotatable bonds is 9. The van der Waals surface area contributed by atoms with Crippen LogP contribution in [0.1, 0.15) is 45.8 Å². The zero-order chi connectivity index (χ0) is 21.6. The van der Waals surface area contributed by atoms with E-state index < -0.39 is 0 Å². The standard InChI is InChI=1S/C22H25N3O3S3/c1-28-9-4-8-23-20(27)19-16-5-2-3-6-17(16)31-22(19)25-18(26)11-15-13-30-21(24-15)14-7-10-29-12-14/h7,10,12-13H,2-6,8-9,11H2,1H3,(H,23,27)(H,25,26). The van der Waals surface area contributed by atoms with Crippen LogP contribution in [0.15, 0.2) is 22.2 Å². The molecule has 2 amide bonds. The van der Waals surface area contributed by atoms with Gasteiger partial charge in [-0.1, -0.05) is 0 Å². The van der Waals surface area contributed by atoms with Crippen LogP contribution in [0.3, 0.4) is 0 Å². The van der Waals surface area contributed by atoms with E-state index in [1.807, 2.05) is 16.8 Å². The summed E-state index contributed by atoms with van der Waals surface area (Å²) in [6.07, 6.45) is 5.00. The Morgan fingerprint density at radius 1 is 1.23 bits per heavy atom. The highest BCUT2D eigenvalue weighted by molar-refractivity contribution is 7.17. The second-order valence-electron chi connectivity index (χ2n) is 7.40. The van der Waals surface area contributed by atoms with Gasteiger partial charge in [-0.3, -0.25) is 9.59 Å². The third-order valence-electron chi connectivity index (χ3n) is 5.12. The molecule has 0 radical (unpaired) electrons. The number of methoxy groups -OCH3 is 1. The van der Waals surface area contributed by atoms with Crippen molar-refractivity contribution in [1.82, 2.24) is 10.3 Å². The van der Waals surface area contributed by atoms with Crippen molar-refractivity contribution in [1.29, 1.82) is 0 Å². The Kier molecular flexibility index (Phi) is 7.49. The number of thiazole rings is 1. The van der Waals surface area contributed by atoms with E-state index in [1.165, 1.54) is 4.88 Å². The second-order valence-corrected chi connectivity index (χ2v) is 10.1. The van der Waals surface area contributed by atoms with Crippen LogP contribution in [0.5, 0.6) is 0 Å². The molecule has 0 aliphatic heterocycles. The summed E-state index contributed by atoms with van der Waals surface area (Å²) in [5.74, 6) is -0.256. The van der Waals surface area contributed by atoms with Gasteiger partial charge in [0.1, 0.15) is 10.0 Å². The first-order chi connectivity index (χ1) is 15.2. The van der Waals surface area contributed by atoms with Gasteiger partial charge in [0.15, 0.2) is 0 Å². The van der Waals surface area contributed by atoms with Gasteiger partial charge in [-0.05, 0) is 49.1 Å². The molecule has 0 spiro atoms. The molecule has 2 N–H and O–H groups in total. The maximum atomic E-state index is 12.9. The van der Waals surface area contributed by atoms with Crippen molar-refractivity contribution >= 4 is 50.8 Å². The molecule has 164 valence electrons. The monoisotopic (exact) mass is 475 g/mol. The fraction of sp³-hybridized carbons (Fsp3) is 0.409. The summed E-state index contributed by atoms with van der Waals surface area (Å²) in [7, 11) is 1.65. The van der Waals surface area contributed by atoms with Crippen molar-refractivity contribution in [2.24, 2.45) is 0 Å². The molecule has 31 heavy (non-hydrogen) atoms. The lowest BCUT2D eigenvalue weighted by Gasteiger charge is -2.13. The van der Waals surface area contributed by atoms with Crippen molar-refractivity contribution in [3.8, 4) is 10.6 Å². The number of hydrogen-bond donors (Lipinski definition) is 2. The van der Waals surface area contributed by atoms with Crippen LogP contribution >= 0.6 is 34.0 Å². The maximum absolute atomic E-state index is 12.9. The van der Waals surface area contributed by atoms with Crippen LogP contribution in [-0.2, 0) is 28.8 Å². The Hall–Kier alpha value is -2.07. The summed E-state index contributed by atoms with van der Waals surface area (Å²) in [6, 6.07) is 2.03. The zero-order valence-corrected chi connectivity index (χ0v) is 19.8. The highest BCUT2D eigenvalue weighted by atomic mass is 32.1. The number of ether oxygens (including phenoxy) is 1. The van der Waals surface area contributed by atoms with Gasteiger partial charge in [0.05, 0.1) is 17.7 Å². The van der Waals surface area contributed by atoms with Crippen molar-refractivity contribution in [2.45, 2.75) is 38.5 Å². The molecular weight excluding hydrogens is 450 g/mol. The number of anilines is 1. The van der Waals surface area contributed by atoms with Crippen LogP contribution in [0.4, 0.5) is 5.00 Å². The minimum atomic E-state index is -0.144. The predicted octanol–water partition coefficient (Wildman–Crippen LogP) is 4.76. The number of aryl methyl sites for hydroxylation is 1. The SMILES string of the molecule is COCCCNC(=O)c1c(NC(=O)Cc2csc(-c3ccsc3)n2)sc2c1CCCC2. The Balaban J connectivity index is 1.46. The first-order valence-electron chi connectivity index (χ1n) is 10.3. The predicted molar refractivity (Wildman–Crippen MR) is 128 cm³/mol. The number of thiophene rings is 2. The topological polar surface area (TPSA) is 80.3 Å². The lowest BCUT2D eigenvalue weighted by molar-refractivity contribution is -0.115. The highest BCUT2D eigenvalue weighted by Gasteiger charge is 2.26. The zero-order valence-electron chi connectivity index (χ0n) is 17.4. The van der Waals surface area contributed by atoms with Gasteiger partial charge in [0.25, 0.3) is 5.91 Å². The maximum Gasteiger partial charge on any atom is 0.254 e. The average Bonchev–Trinajstić information content (AvgIpc) is 3.50. The Bertz CT molecular complexity index is 1040. The van der Waals surface area contributed by atoms with Crippen molar-refractivity contribution in [3.05, 3.63) is 43.9 Å². The lowest BCUT2D eigenvalue weighted by Crippen LogP contribution is -2.27. The summed E-state index contributed by atoms with van der Waals surface area (Å²) >= 11 is 4.71. The van der Waals surface area contributed by atoms with Gasteiger partial charge in [0, 0.05) is 41.5 Å². The van der Waals surface area contributed by atoms with Crippen LogP contribution in [0.25, 0.3) is 10.6 Å². The molecule has 9 heteroatoms. The molecule has 0 aromatic carbocycles. The van der Waals surface area contributed by atoms with Crippen LogP contribution < -0.4 is 10.6 Å². The van der Waals surface area contributed by atoms with Gasteiger partial charge < -0.3 is 15.4 Å². The summed E-state index contributed by atoms with van der Waals surface area (Å²) in [5.41, 5.74) is 3.57. The van der Waals surface area contributed by atoms with Gasteiger partial charge in [-0.15, -0.1) is 22.7 Å². The average molecular weight is 476 g/mol. The first-order valence-corrected chi connectivity index (χ1v) is 13.0. The third-order valence-corrected chi connectivity index (χ3v) is 7.95. The van der Waals surface area contributed by atoms with Gasteiger partial charge in [0.2, 0.25) is 5.91 Å². The number of amides is 2. The van der Waals surface area contributed by atoms with Crippen molar-refractivity contribution in [2.75, 3.05) is 25.6 Å². The second kappa shape index (κ2) is 10.5. The Morgan fingerprint density at radius 3 is 2.90 bits per heavy atom. The number of hydrogen-bond acceptors (Lipinski definition) is 7. The van der Waals surface area contributed by atoms with Gasteiger partial charge in [-0.2, -0.15) is 11.3 Å². The molecule has 3 heterocycles. The van der Waals surface area contributed by atoms with E-state index in [4.69, 9.17) is 4.74 Å². The highest BCUT2D eigenvalue weighted by Crippen LogP contribution is 2.38. The molecular formula is C22H25N3O3S3. The Labute approximate surface area is 193 Å². The molecule has 3 aromatic heterocycles. The molecule has 1 aliphatic carbocycles. The summed E-state index contributed by atoms with van der Waals surface area (Å²) in [4.78, 5) is 31.5. The number of nitrogens with one attached hydrogen (secondary N) is 2. The van der Waals surface area contributed by atoms with Crippen molar-refractivity contribution in [3.63, 3.8) is 0 Å². The molecule has 1 aliphatic rings. The van der Waals surface area contributed by atoms with E-state index in [-0.39, 0.29) is 18.2 Å². The van der Waals surface area contributed by atoms with Crippen LogP contribution in [-0.4, -0.2) is 37.1 Å². The third kappa shape index (κ3) is 5.41. The molecule has 4 rings (SSSR count). The molecule has 0 bridgehead atoms. The number of fused-ring (bicyclic) bond motifs is 1. The lowest BCUT2D eigenvalue weighted by atomic mass is 9.95. The van der Waals surface area contributed by atoms with Gasteiger partial charge in [-0.25, -0.2) is 4.98 Å². The molecule has 3 aromatic rings. The summed E-state index contributed by atoms with van der Waals surface area (Å²) in [6.45, 7) is 1.15. The minimum Gasteiger partial charge on any atom is -0.385 e. The molecule has 0 atom stereocenters. The minimum absolute atomic E-state index is 0.112. The van der Waals surface area contributed by atoms with Gasteiger partial charge >= 0.3 is 0 Å². The largest absolute Gasteiger partial charge is 0.385 e. The van der Waals surface area contributed by atoms with E-state index in [0.29, 0.717) is 23.7 Å². The molecule has 6 nitrogen and oxygen atoms in total. The summed E-state index contributed by atoms with van der Waals surface area (Å²) in [5, 5.41) is 13.6. The van der Waals surface area contributed by atoms with E-state index in [1.54, 1.807) is 41.1 Å². The van der Waals surface area contributed by atoms with Crippen LogP contribution in [0, 0.1) is 0 Å². The smallest absolute Gasteiger partial charge is 0.254 e. The van der Waals surface area contributed by atoms with E-state index in [2.05, 4.69) is 21.0 Å². The van der Waals surface area contributed by atoms with Crippen LogP contribution in [0.2, 0.25) is 0 Å². The number of carbonyl (C=O) groups excluding carboxylic acids is 2. The fourth-order valence-corrected chi connectivity index (χ4v) is 6.48. The summed E-state index contributed by atoms with van der Waals surface area (Å²) < 4.78 is 5.05. The fourth-order valence-electron chi connectivity index (χ4n) is 3.64. The van der Waals surface area contributed by atoms with Crippen molar-refractivity contribution < 1.29 is 14.3 Å². The molecule has 0 saturated heterocycles. The molecule has 0 saturated carbocycles. The quantitative estimate of drug-likeness (QED) is 0.437. The first kappa shape index (κ1) is 22.1. The number of aromatic nitrogens is 1. The molecule has 0 unspecified atom stereocenters. The number of nitrogens with zero attached hydrogens (tertiary/aromatic N) is 1. The molecule has 0 fully saturated rings.